The van der Waals surface area contributed by atoms with Gasteiger partial charge in [-0.15, -0.1) is 0 Å². The number of carboxylic acid groups (broad SMARTS) is 1. The number of carboxylic acids is 1. The number of carbonyl (C=O) groups excluding carboxylic acids is 1. The molecule has 1 amide bonds. The summed E-state index contributed by atoms with van der Waals surface area (Å²) >= 11 is 5.94. The molecule has 7 heteroatoms. The van der Waals surface area contributed by atoms with E-state index in [-0.39, 0.29) is 18.6 Å². The first-order chi connectivity index (χ1) is 12.3. The van der Waals surface area contributed by atoms with E-state index in [0.29, 0.717) is 36.7 Å². The third-order valence-electron chi connectivity index (χ3n) is 5.79. The first kappa shape index (κ1) is 19.0. The van der Waals surface area contributed by atoms with Crippen LogP contribution in [-0.2, 0) is 9.59 Å². The SMILES string of the molecule is Cc1cc(Cl)ccc1OCC(=O)N1CC[C@@]2(C(=O)O)CCCN(C)[C@@H]2C1. The van der Waals surface area contributed by atoms with Crippen molar-refractivity contribution in [1.82, 2.24) is 9.80 Å². The van der Waals surface area contributed by atoms with Crippen molar-refractivity contribution in [2.24, 2.45) is 5.41 Å². The summed E-state index contributed by atoms with van der Waals surface area (Å²) in [5, 5.41) is 10.4. The van der Waals surface area contributed by atoms with Gasteiger partial charge in [-0.05, 0) is 63.5 Å². The standard InChI is InChI=1S/C19H25ClN2O4/c1-13-10-14(20)4-5-15(13)26-12-17(23)22-9-7-19(18(24)25)6-3-8-21(2)16(19)11-22/h4-5,10,16H,3,6-9,11-12H2,1-2H3,(H,24,25)/t16-,19+/m1/s1. The summed E-state index contributed by atoms with van der Waals surface area (Å²) in [5.74, 6) is -0.221. The molecule has 3 rings (SSSR count). The summed E-state index contributed by atoms with van der Waals surface area (Å²) in [6, 6.07) is 5.13. The van der Waals surface area contributed by atoms with E-state index in [4.69, 9.17) is 16.3 Å². The first-order valence-electron chi connectivity index (χ1n) is 8.94. The highest BCUT2D eigenvalue weighted by Crippen LogP contribution is 2.42. The monoisotopic (exact) mass is 380 g/mol. The lowest BCUT2D eigenvalue weighted by molar-refractivity contribution is -0.165. The second kappa shape index (κ2) is 7.45. The molecule has 0 spiro atoms. The Bertz CT molecular complexity index is 711. The molecule has 2 heterocycles. The molecular weight excluding hydrogens is 356 g/mol. The second-order valence-corrected chi connectivity index (χ2v) is 7.79. The minimum atomic E-state index is -0.741. The number of aryl methyl sites for hydroxylation is 1. The molecule has 0 aromatic heterocycles. The number of carbonyl (C=O) groups is 2. The van der Waals surface area contributed by atoms with Crippen molar-refractivity contribution in [3.63, 3.8) is 0 Å². The van der Waals surface area contributed by atoms with Gasteiger partial charge in [-0.1, -0.05) is 11.6 Å². The van der Waals surface area contributed by atoms with Crippen LogP contribution >= 0.6 is 11.6 Å². The molecule has 6 nitrogen and oxygen atoms in total. The number of amides is 1. The fourth-order valence-electron chi connectivity index (χ4n) is 4.22. The summed E-state index contributed by atoms with van der Waals surface area (Å²) in [6.45, 7) is 3.58. The Labute approximate surface area is 158 Å². The zero-order chi connectivity index (χ0) is 18.9. The van der Waals surface area contributed by atoms with E-state index in [2.05, 4.69) is 4.90 Å². The number of benzene rings is 1. The molecule has 2 saturated heterocycles. The summed E-state index contributed by atoms with van der Waals surface area (Å²) in [6.07, 6.45) is 2.05. The van der Waals surface area contributed by atoms with Gasteiger partial charge in [0.2, 0.25) is 0 Å². The topological polar surface area (TPSA) is 70.1 Å². The number of likely N-dealkylation sites (N-methyl/N-ethyl adjacent to an activating group) is 1. The van der Waals surface area contributed by atoms with E-state index in [1.165, 1.54) is 0 Å². The maximum atomic E-state index is 12.6. The first-order valence-corrected chi connectivity index (χ1v) is 9.31. The summed E-state index contributed by atoms with van der Waals surface area (Å²) in [5.41, 5.74) is 0.137. The normalized spacial score (nSPS) is 26.3. The van der Waals surface area contributed by atoms with Crippen LogP contribution in [0.3, 0.4) is 0 Å². The fourth-order valence-corrected chi connectivity index (χ4v) is 4.44. The van der Waals surface area contributed by atoms with Crippen molar-refractivity contribution in [2.75, 3.05) is 33.3 Å². The largest absolute Gasteiger partial charge is 0.483 e. The highest BCUT2D eigenvalue weighted by atomic mass is 35.5. The summed E-state index contributed by atoms with van der Waals surface area (Å²) in [4.78, 5) is 28.4. The highest BCUT2D eigenvalue weighted by Gasteiger charge is 2.52. The van der Waals surface area contributed by atoms with Gasteiger partial charge in [-0.2, -0.15) is 0 Å². The molecule has 1 N–H and O–H groups in total. The predicted molar refractivity (Wildman–Crippen MR) is 98.6 cm³/mol. The molecule has 1 aromatic rings. The van der Waals surface area contributed by atoms with Gasteiger partial charge in [0.15, 0.2) is 6.61 Å². The zero-order valence-electron chi connectivity index (χ0n) is 15.2. The van der Waals surface area contributed by atoms with Gasteiger partial charge in [0.1, 0.15) is 5.75 Å². The molecule has 0 radical (unpaired) electrons. The van der Waals surface area contributed by atoms with Crippen LogP contribution in [0.2, 0.25) is 5.02 Å². The Morgan fingerprint density at radius 2 is 2.12 bits per heavy atom. The van der Waals surface area contributed by atoms with Crippen LogP contribution in [0.5, 0.6) is 5.75 Å². The number of rotatable bonds is 4. The minimum absolute atomic E-state index is 0.0566. The van der Waals surface area contributed by atoms with Crippen molar-refractivity contribution in [1.29, 1.82) is 0 Å². The molecule has 0 bridgehead atoms. The Morgan fingerprint density at radius 3 is 2.81 bits per heavy atom. The Balaban J connectivity index is 1.65. The van der Waals surface area contributed by atoms with E-state index in [9.17, 15) is 14.7 Å². The van der Waals surface area contributed by atoms with E-state index < -0.39 is 11.4 Å². The maximum Gasteiger partial charge on any atom is 0.311 e. The predicted octanol–water partition coefficient (Wildman–Crippen LogP) is 2.42. The molecule has 2 aliphatic heterocycles. The summed E-state index contributed by atoms with van der Waals surface area (Å²) in [7, 11) is 1.95. The van der Waals surface area contributed by atoms with Crippen LogP contribution in [-0.4, -0.2) is 66.1 Å². The van der Waals surface area contributed by atoms with Gasteiger partial charge >= 0.3 is 5.97 Å². The van der Waals surface area contributed by atoms with E-state index in [0.717, 1.165) is 18.5 Å². The fraction of sp³-hybridized carbons (Fsp3) is 0.579. The van der Waals surface area contributed by atoms with Crippen LogP contribution in [0, 0.1) is 12.3 Å². The lowest BCUT2D eigenvalue weighted by Gasteiger charge is -2.51. The van der Waals surface area contributed by atoms with E-state index in [1.807, 2.05) is 14.0 Å². The Hall–Kier alpha value is -1.79. The number of ether oxygens (including phenoxy) is 1. The number of nitrogens with zero attached hydrogens (tertiary/aromatic N) is 2. The zero-order valence-corrected chi connectivity index (χ0v) is 16.0. The van der Waals surface area contributed by atoms with Gasteiger partial charge < -0.3 is 19.6 Å². The van der Waals surface area contributed by atoms with E-state index in [1.54, 1.807) is 23.1 Å². The third kappa shape index (κ3) is 3.53. The molecular formula is C19H25ClN2O4. The Kier molecular flexibility index (Phi) is 5.44. The highest BCUT2D eigenvalue weighted by molar-refractivity contribution is 6.30. The van der Waals surface area contributed by atoms with Crippen molar-refractivity contribution >= 4 is 23.5 Å². The average Bonchev–Trinajstić information content (AvgIpc) is 2.60. The maximum absolute atomic E-state index is 12.6. The van der Waals surface area contributed by atoms with Crippen LogP contribution in [0.15, 0.2) is 18.2 Å². The van der Waals surface area contributed by atoms with Crippen LogP contribution in [0.4, 0.5) is 0 Å². The second-order valence-electron chi connectivity index (χ2n) is 7.35. The molecule has 2 aliphatic rings. The Morgan fingerprint density at radius 1 is 1.35 bits per heavy atom. The molecule has 2 fully saturated rings. The number of hydrogen-bond donors (Lipinski definition) is 1. The van der Waals surface area contributed by atoms with Crippen molar-refractivity contribution in [3.05, 3.63) is 28.8 Å². The van der Waals surface area contributed by atoms with Gasteiger partial charge in [0.05, 0.1) is 5.41 Å². The van der Waals surface area contributed by atoms with Crippen LogP contribution in [0.25, 0.3) is 0 Å². The van der Waals surface area contributed by atoms with E-state index >= 15 is 0 Å². The number of aliphatic carboxylic acids is 1. The molecule has 0 unspecified atom stereocenters. The quantitative estimate of drug-likeness (QED) is 0.868. The van der Waals surface area contributed by atoms with Crippen molar-refractivity contribution in [2.45, 2.75) is 32.2 Å². The van der Waals surface area contributed by atoms with Crippen LogP contribution < -0.4 is 4.74 Å². The number of piperidine rings is 2. The van der Waals surface area contributed by atoms with Gasteiger partial charge in [-0.3, -0.25) is 9.59 Å². The molecule has 1 aromatic carbocycles. The number of likely N-dealkylation sites (tertiary alicyclic amines) is 2. The molecule has 142 valence electrons. The van der Waals surface area contributed by atoms with Crippen molar-refractivity contribution in [3.8, 4) is 5.75 Å². The number of fused-ring (bicyclic) bond motifs is 1. The third-order valence-corrected chi connectivity index (χ3v) is 6.03. The smallest absolute Gasteiger partial charge is 0.311 e. The van der Waals surface area contributed by atoms with Crippen LogP contribution in [0.1, 0.15) is 24.8 Å². The van der Waals surface area contributed by atoms with Gasteiger partial charge in [0, 0.05) is 24.2 Å². The molecule has 26 heavy (non-hydrogen) atoms. The molecule has 0 aliphatic carbocycles. The van der Waals surface area contributed by atoms with Gasteiger partial charge in [0.25, 0.3) is 5.91 Å². The summed E-state index contributed by atoms with van der Waals surface area (Å²) < 4.78 is 5.66. The minimum Gasteiger partial charge on any atom is -0.483 e. The lowest BCUT2D eigenvalue weighted by Crippen LogP contribution is -2.64. The lowest BCUT2D eigenvalue weighted by atomic mass is 9.68. The van der Waals surface area contributed by atoms with Crippen molar-refractivity contribution < 1.29 is 19.4 Å². The number of halogens is 1. The molecule has 2 atom stereocenters. The average molecular weight is 381 g/mol. The number of hydrogen-bond acceptors (Lipinski definition) is 4. The molecule has 0 saturated carbocycles. The van der Waals surface area contributed by atoms with Gasteiger partial charge in [-0.25, -0.2) is 0 Å².